The maximum absolute atomic E-state index is 9.33. The third kappa shape index (κ3) is 4.60. The van der Waals surface area contributed by atoms with Crippen LogP contribution >= 0.6 is 0 Å². The van der Waals surface area contributed by atoms with Gasteiger partial charge in [-0.1, -0.05) is 19.3 Å². The summed E-state index contributed by atoms with van der Waals surface area (Å²) in [5.41, 5.74) is 0. The molecular formula is C10H20O3. The molecule has 1 atom stereocenters. The van der Waals surface area contributed by atoms with E-state index in [0.717, 1.165) is 12.8 Å². The minimum absolute atomic E-state index is 0.368. The van der Waals surface area contributed by atoms with E-state index < -0.39 is 6.10 Å². The molecule has 1 fully saturated rings. The lowest BCUT2D eigenvalue weighted by Crippen LogP contribution is -2.26. The van der Waals surface area contributed by atoms with E-state index in [0.29, 0.717) is 19.3 Å². The van der Waals surface area contributed by atoms with Crippen LogP contribution in [0.4, 0.5) is 0 Å². The lowest BCUT2D eigenvalue weighted by Gasteiger charge is -2.23. The monoisotopic (exact) mass is 188 g/mol. The Bertz CT molecular complexity index is 121. The molecule has 0 amide bonds. The number of hydrogen-bond acceptors (Lipinski definition) is 3. The van der Waals surface area contributed by atoms with Crippen LogP contribution in [0, 0.1) is 0 Å². The van der Waals surface area contributed by atoms with Gasteiger partial charge >= 0.3 is 0 Å². The van der Waals surface area contributed by atoms with Crippen LogP contribution in [-0.2, 0) is 9.47 Å². The molecule has 1 rings (SSSR count). The van der Waals surface area contributed by atoms with E-state index >= 15 is 0 Å². The van der Waals surface area contributed by atoms with Crippen molar-refractivity contribution in [3.8, 4) is 0 Å². The Kier molecular flexibility index (Phi) is 5.35. The smallest absolute Gasteiger partial charge is 0.101 e. The van der Waals surface area contributed by atoms with E-state index in [4.69, 9.17) is 9.47 Å². The van der Waals surface area contributed by atoms with Crippen LogP contribution in [-0.4, -0.2) is 37.6 Å². The van der Waals surface area contributed by atoms with Gasteiger partial charge < -0.3 is 14.6 Å². The highest BCUT2D eigenvalue weighted by atomic mass is 16.5. The Morgan fingerprint density at radius 3 is 2.54 bits per heavy atom. The maximum atomic E-state index is 9.33. The molecule has 1 aliphatic carbocycles. The van der Waals surface area contributed by atoms with Crippen LogP contribution in [0.25, 0.3) is 0 Å². The number of aliphatic hydroxyl groups is 1. The van der Waals surface area contributed by atoms with E-state index in [1.165, 1.54) is 19.3 Å². The van der Waals surface area contributed by atoms with Crippen LogP contribution in [0.3, 0.4) is 0 Å². The van der Waals surface area contributed by atoms with Crippen LogP contribution in [0.2, 0.25) is 0 Å². The van der Waals surface area contributed by atoms with Crippen molar-refractivity contribution in [1.29, 1.82) is 0 Å². The average Bonchev–Trinajstić information content (AvgIpc) is 2.17. The summed E-state index contributed by atoms with van der Waals surface area (Å²) < 4.78 is 10.4. The van der Waals surface area contributed by atoms with Gasteiger partial charge in [-0.15, -0.1) is 0 Å². The Hall–Kier alpha value is -0.120. The van der Waals surface area contributed by atoms with Gasteiger partial charge in [0.2, 0.25) is 0 Å². The van der Waals surface area contributed by atoms with Crippen molar-refractivity contribution >= 4 is 0 Å². The summed E-state index contributed by atoms with van der Waals surface area (Å²) in [5.74, 6) is 0. The van der Waals surface area contributed by atoms with Gasteiger partial charge in [0.05, 0.1) is 19.3 Å². The van der Waals surface area contributed by atoms with Crippen molar-refractivity contribution < 1.29 is 14.6 Å². The highest BCUT2D eigenvalue weighted by Gasteiger charge is 2.15. The minimum Gasteiger partial charge on any atom is -0.388 e. The quantitative estimate of drug-likeness (QED) is 0.707. The molecule has 0 heterocycles. The van der Waals surface area contributed by atoms with E-state index in [2.05, 4.69) is 0 Å². The molecular weight excluding hydrogens is 168 g/mol. The third-order valence-electron chi connectivity index (χ3n) is 2.44. The number of methoxy groups -OCH3 is 1. The Balaban J connectivity index is 2.03. The van der Waals surface area contributed by atoms with E-state index in [9.17, 15) is 5.11 Å². The molecule has 3 nitrogen and oxygen atoms in total. The zero-order chi connectivity index (χ0) is 9.52. The molecule has 78 valence electrons. The second kappa shape index (κ2) is 6.35. The number of aliphatic hydroxyl groups excluding tert-OH is 1. The molecule has 0 unspecified atom stereocenters. The van der Waals surface area contributed by atoms with E-state index in [1.54, 1.807) is 7.11 Å². The molecule has 0 aromatic heterocycles. The lowest BCUT2D eigenvalue weighted by atomic mass is 9.98. The standard InChI is InChI=1S/C10H20O3/c1-12-7-9(11)8-13-10-5-3-2-4-6-10/h9-11H,2-8H2,1H3/t9-/m0/s1. The first-order chi connectivity index (χ1) is 6.33. The molecule has 13 heavy (non-hydrogen) atoms. The van der Waals surface area contributed by atoms with Crippen molar-refractivity contribution in [3.05, 3.63) is 0 Å². The molecule has 1 aliphatic rings. The lowest BCUT2D eigenvalue weighted by molar-refractivity contribution is -0.0459. The number of hydrogen-bond donors (Lipinski definition) is 1. The predicted molar refractivity (Wildman–Crippen MR) is 50.7 cm³/mol. The van der Waals surface area contributed by atoms with Crippen molar-refractivity contribution in [2.45, 2.75) is 44.3 Å². The highest BCUT2D eigenvalue weighted by molar-refractivity contribution is 4.66. The second-order valence-electron chi connectivity index (χ2n) is 3.70. The highest BCUT2D eigenvalue weighted by Crippen LogP contribution is 2.20. The molecule has 0 radical (unpaired) electrons. The first-order valence-electron chi connectivity index (χ1n) is 5.11. The van der Waals surface area contributed by atoms with Crippen LogP contribution in [0.5, 0.6) is 0 Å². The molecule has 0 spiro atoms. The SMILES string of the molecule is COC[C@H](O)COC1CCCCC1. The zero-order valence-corrected chi connectivity index (χ0v) is 8.37. The van der Waals surface area contributed by atoms with Crippen LogP contribution in [0.15, 0.2) is 0 Å². The Morgan fingerprint density at radius 1 is 1.23 bits per heavy atom. The molecule has 0 bridgehead atoms. The number of ether oxygens (including phenoxy) is 2. The van der Waals surface area contributed by atoms with E-state index in [-0.39, 0.29) is 0 Å². The fourth-order valence-electron chi connectivity index (χ4n) is 1.72. The first kappa shape index (κ1) is 11.0. The van der Waals surface area contributed by atoms with Crippen molar-refractivity contribution in [1.82, 2.24) is 0 Å². The van der Waals surface area contributed by atoms with Gasteiger partial charge in [-0.2, -0.15) is 0 Å². The normalized spacial score (nSPS) is 21.7. The van der Waals surface area contributed by atoms with Crippen LogP contribution in [0.1, 0.15) is 32.1 Å². The van der Waals surface area contributed by atoms with Crippen molar-refractivity contribution in [2.75, 3.05) is 20.3 Å². The first-order valence-corrected chi connectivity index (χ1v) is 5.11. The van der Waals surface area contributed by atoms with Gasteiger partial charge in [-0.25, -0.2) is 0 Å². The Morgan fingerprint density at radius 2 is 1.92 bits per heavy atom. The van der Waals surface area contributed by atoms with Gasteiger partial charge in [-0.05, 0) is 12.8 Å². The summed E-state index contributed by atoms with van der Waals surface area (Å²) in [6.45, 7) is 0.783. The summed E-state index contributed by atoms with van der Waals surface area (Å²) in [6.07, 6.45) is 6.09. The second-order valence-corrected chi connectivity index (χ2v) is 3.70. The van der Waals surface area contributed by atoms with Crippen LogP contribution < -0.4 is 0 Å². The molecule has 0 aromatic carbocycles. The summed E-state index contributed by atoms with van der Waals surface area (Å²) in [6, 6.07) is 0. The summed E-state index contributed by atoms with van der Waals surface area (Å²) in [5, 5.41) is 9.33. The zero-order valence-electron chi connectivity index (χ0n) is 8.37. The van der Waals surface area contributed by atoms with Gasteiger partial charge in [0.15, 0.2) is 0 Å². The van der Waals surface area contributed by atoms with Gasteiger partial charge in [0.25, 0.3) is 0 Å². The molecule has 0 aromatic rings. The fraction of sp³-hybridized carbons (Fsp3) is 1.00. The molecule has 1 saturated carbocycles. The summed E-state index contributed by atoms with van der Waals surface area (Å²) in [7, 11) is 1.59. The maximum Gasteiger partial charge on any atom is 0.101 e. The van der Waals surface area contributed by atoms with Gasteiger partial charge in [0, 0.05) is 7.11 Å². The topological polar surface area (TPSA) is 38.7 Å². The summed E-state index contributed by atoms with van der Waals surface area (Å²) in [4.78, 5) is 0. The van der Waals surface area contributed by atoms with Crippen molar-refractivity contribution in [2.24, 2.45) is 0 Å². The molecule has 0 saturated heterocycles. The van der Waals surface area contributed by atoms with Crippen molar-refractivity contribution in [3.63, 3.8) is 0 Å². The minimum atomic E-state index is -0.466. The fourth-order valence-corrected chi connectivity index (χ4v) is 1.72. The molecule has 1 N–H and O–H groups in total. The van der Waals surface area contributed by atoms with Gasteiger partial charge in [-0.3, -0.25) is 0 Å². The predicted octanol–water partition coefficient (Wildman–Crippen LogP) is 1.34. The average molecular weight is 188 g/mol. The summed E-state index contributed by atoms with van der Waals surface area (Å²) >= 11 is 0. The third-order valence-corrected chi connectivity index (χ3v) is 2.44. The molecule has 3 heteroatoms. The Labute approximate surface area is 80.0 Å². The largest absolute Gasteiger partial charge is 0.388 e. The van der Waals surface area contributed by atoms with Gasteiger partial charge in [0.1, 0.15) is 6.10 Å². The van der Waals surface area contributed by atoms with E-state index in [1.807, 2.05) is 0 Å². The molecule has 0 aliphatic heterocycles. The number of rotatable bonds is 5.